The van der Waals surface area contributed by atoms with Crippen molar-refractivity contribution in [3.63, 3.8) is 0 Å². The Balaban J connectivity index is 1.72. The zero-order valence-electron chi connectivity index (χ0n) is 12.5. The molecule has 1 aromatic rings. The van der Waals surface area contributed by atoms with E-state index in [1.807, 2.05) is 18.2 Å². The molecule has 2 amide bonds. The maximum atomic E-state index is 12.3. The summed E-state index contributed by atoms with van der Waals surface area (Å²) in [5.74, 6) is 0.468. The van der Waals surface area contributed by atoms with Gasteiger partial charge in [0.25, 0.3) is 0 Å². The molecule has 3 rings (SSSR count). The third-order valence-electron chi connectivity index (χ3n) is 4.67. The molecule has 1 aliphatic heterocycles. The Morgan fingerprint density at radius 2 is 1.95 bits per heavy atom. The van der Waals surface area contributed by atoms with Gasteiger partial charge in [0.2, 0.25) is 11.8 Å². The number of nitrogens with one attached hydrogen (secondary N) is 1. The van der Waals surface area contributed by atoms with E-state index in [2.05, 4.69) is 5.32 Å². The van der Waals surface area contributed by atoms with Crippen LogP contribution in [0.4, 0.5) is 11.4 Å². The average molecular weight is 286 g/mol. The third-order valence-corrected chi connectivity index (χ3v) is 4.67. The Morgan fingerprint density at radius 1 is 1.19 bits per heavy atom. The van der Waals surface area contributed by atoms with Gasteiger partial charge in [-0.2, -0.15) is 0 Å². The molecule has 1 aromatic carbocycles. The van der Waals surface area contributed by atoms with E-state index in [1.165, 1.54) is 6.42 Å². The quantitative estimate of drug-likeness (QED) is 0.908. The smallest absolute Gasteiger partial charge is 0.227 e. The Morgan fingerprint density at radius 3 is 2.71 bits per heavy atom. The zero-order chi connectivity index (χ0) is 14.8. The van der Waals surface area contributed by atoms with Gasteiger partial charge in [0.1, 0.15) is 0 Å². The molecular formula is C17H22N2O2. The van der Waals surface area contributed by atoms with Gasteiger partial charge in [0.05, 0.1) is 0 Å². The fourth-order valence-corrected chi connectivity index (χ4v) is 3.34. The molecule has 1 fully saturated rings. The largest absolute Gasteiger partial charge is 0.326 e. The number of aryl methyl sites for hydroxylation is 1. The van der Waals surface area contributed by atoms with Crippen LogP contribution in [0.25, 0.3) is 0 Å². The second kappa shape index (κ2) is 5.88. The predicted molar refractivity (Wildman–Crippen MR) is 83.4 cm³/mol. The molecule has 1 saturated carbocycles. The molecule has 0 unspecified atom stereocenters. The first-order chi connectivity index (χ1) is 10.1. The van der Waals surface area contributed by atoms with Crippen LogP contribution < -0.4 is 10.2 Å². The van der Waals surface area contributed by atoms with E-state index in [0.29, 0.717) is 6.42 Å². The highest BCUT2D eigenvalue weighted by molar-refractivity contribution is 5.97. The van der Waals surface area contributed by atoms with Crippen molar-refractivity contribution in [2.45, 2.75) is 44.9 Å². The molecular weight excluding hydrogens is 264 g/mol. The molecule has 0 spiro atoms. The fraction of sp³-hybridized carbons (Fsp3) is 0.529. The van der Waals surface area contributed by atoms with Gasteiger partial charge in [-0.25, -0.2) is 0 Å². The van der Waals surface area contributed by atoms with Crippen molar-refractivity contribution in [2.24, 2.45) is 5.92 Å². The predicted octanol–water partition coefficient (Wildman–Crippen LogP) is 3.11. The van der Waals surface area contributed by atoms with E-state index in [-0.39, 0.29) is 17.7 Å². The lowest BCUT2D eigenvalue weighted by Crippen LogP contribution is -2.31. The number of amides is 2. The number of hydrogen-bond acceptors (Lipinski definition) is 2. The lowest BCUT2D eigenvalue weighted by molar-refractivity contribution is -0.121. The molecule has 112 valence electrons. The Kier molecular flexibility index (Phi) is 3.95. The fourth-order valence-electron chi connectivity index (χ4n) is 3.34. The zero-order valence-corrected chi connectivity index (χ0v) is 12.5. The second-order valence-corrected chi connectivity index (χ2v) is 6.12. The number of fused-ring (bicyclic) bond motifs is 1. The van der Waals surface area contributed by atoms with Crippen molar-refractivity contribution in [3.8, 4) is 0 Å². The van der Waals surface area contributed by atoms with Gasteiger partial charge in [-0.1, -0.05) is 19.3 Å². The Bertz CT molecular complexity index is 562. The van der Waals surface area contributed by atoms with E-state index in [0.717, 1.165) is 49.0 Å². The first-order valence-electron chi connectivity index (χ1n) is 7.85. The van der Waals surface area contributed by atoms with Crippen molar-refractivity contribution in [3.05, 3.63) is 23.8 Å². The van der Waals surface area contributed by atoms with Gasteiger partial charge in [0.15, 0.2) is 0 Å². The summed E-state index contributed by atoms with van der Waals surface area (Å²) < 4.78 is 0. The molecule has 21 heavy (non-hydrogen) atoms. The number of hydrogen-bond donors (Lipinski definition) is 1. The minimum absolute atomic E-state index is 0.148. The topological polar surface area (TPSA) is 49.4 Å². The van der Waals surface area contributed by atoms with Crippen LogP contribution in [-0.2, 0) is 16.0 Å². The van der Waals surface area contributed by atoms with Crippen molar-refractivity contribution >= 4 is 23.2 Å². The highest BCUT2D eigenvalue weighted by atomic mass is 16.2. The minimum atomic E-state index is 0.148. The first kappa shape index (κ1) is 14.1. The first-order valence-corrected chi connectivity index (χ1v) is 7.85. The lowest BCUT2D eigenvalue weighted by Gasteiger charge is -2.26. The summed E-state index contributed by atoms with van der Waals surface area (Å²) >= 11 is 0. The molecule has 0 atom stereocenters. The van der Waals surface area contributed by atoms with E-state index < -0.39 is 0 Å². The number of anilines is 2. The average Bonchev–Trinajstić information content (AvgIpc) is 2.52. The van der Waals surface area contributed by atoms with Gasteiger partial charge in [-0.05, 0) is 43.0 Å². The second-order valence-electron chi connectivity index (χ2n) is 6.12. The van der Waals surface area contributed by atoms with Crippen LogP contribution in [0, 0.1) is 5.92 Å². The van der Waals surface area contributed by atoms with Crippen molar-refractivity contribution in [1.29, 1.82) is 0 Å². The molecule has 1 aliphatic carbocycles. The van der Waals surface area contributed by atoms with Gasteiger partial charge in [-0.3, -0.25) is 9.59 Å². The standard InChI is InChI=1S/C17H22N2O2/c1-19-15-9-8-14(11-13(15)7-10-16(19)20)18-17(21)12-5-3-2-4-6-12/h8-9,11-12H,2-7,10H2,1H3,(H,18,21). The SMILES string of the molecule is CN1C(=O)CCc2cc(NC(=O)C3CCCCC3)ccc21. The summed E-state index contributed by atoms with van der Waals surface area (Å²) in [6.45, 7) is 0. The summed E-state index contributed by atoms with van der Waals surface area (Å²) in [7, 11) is 1.81. The highest BCUT2D eigenvalue weighted by Gasteiger charge is 2.23. The molecule has 0 radical (unpaired) electrons. The molecule has 1 heterocycles. The van der Waals surface area contributed by atoms with Crippen molar-refractivity contribution in [2.75, 3.05) is 17.3 Å². The van der Waals surface area contributed by atoms with Crippen LogP contribution in [0.2, 0.25) is 0 Å². The number of benzene rings is 1. The van der Waals surface area contributed by atoms with Crippen molar-refractivity contribution < 1.29 is 9.59 Å². The maximum absolute atomic E-state index is 12.3. The number of rotatable bonds is 2. The molecule has 1 N–H and O–H groups in total. The van der Waals surface area contributed by atoms with Crippen LogP contribution in [-0.4, -0.2) is 18.9 Å². The van der Waals surface area contributed by atoms with Gasteiger partial charge in [-0.15, -0.1) is 0 Å². The van der Waals surface area contributed by atoms with E-state index in [1.54, 1.807) is 11.9 Å². The van der Waals surface area contributed by atoms with Crippen LogP contribution >= 0.6 is 0 Å². The van der Waals surface area contributed by atoms with E-state index in [9.17, 15) is 9.59 Å². The highest BCUT2D eigenvalue weighted by Crippen LogP contribution is 2.30. The Labute approximate surface area is 125 Å². The minimum Gasteiger partial charge on any atom is -0.326 e. The monoisotopic (exact) mass is 286 g/mol. The lowest BCUT2D eigenvalue weighted by atomic mass is 9.88. The normalized spacial score (nSPS) is 19.3. The number of carbonyl (C=O) groups is 2. The van der Waals surface area contributed by atoms with E-state index in [4.69, 9.17) is 0 Å². The third kappa shape index (κ3) is 2.94. The van der Waals surface area contributed by atoms with Gasteiger partial charge < -0.3 is 10.2 Å². The Hall–Kier alpha value is -1.84. The van der Waals surface area contributed by atoms with Crippen LogP contribution in [0.5, 0.6) is 0 Å². The van der Waals surface area contributed by atoms with E-state index >= 15 is 0 Å². The molecule has 0 bridgehead atoms. The number of nitrogens with zero attached hydrogens (tertiary/aromatic N) is 1. The summed E-state index contributed by atoms with van der Waals surface area (Å²) in [6, 6.07) is 5.84. The van der Waals surface area contributed by atoms with Crippen molar-refractivity contribution in [1.82, 2.24) is 0 Å². The van der Waals surface area contributed by atoms with Crippen LogP contribution in [0.1, 0.15) is 44.1 Å². The summed E-state index contributed by atoms with van der Waals surface area (Å²) in [4.78, 5) is 25.7. The molecule has 4 heteroatoms. The summed E-state index contributed by atoms with van der Waals surface area (Å²) in [6.07, 6.45) is 6.89. The van der Waals surface area contributed by atoms with Crippen LogP contribution in [0.3, 0.4) is 0 Å². The molecule has 4 nitrogen and oxygen atoms in total. The maximum Gasteiger partial charge on any atom is 0.227 e. The molecule has 0 aromatic heterocycles. The van der Waals surface area contributed by atoms with Crippen LogP contribution in [0.15, 0.2) is 18.2 Å². The molecule has 0 saturated heterocycles. The number of carbonyl (C=O) groups excluding carboxylic acids is 2. The van der Waals surface area contributed by atoms with Gasteiger partial charge in [0, 0.05) is 30.8 Å². The summed E-state index contributed by atoms with van der Waals surface area (Å²) in [5, 5.41) is 3.05. The molecule has 2 aliphatic rings. The van der Waals surface area contributed by atoms with Gasteiger partial charge >= 0.3 is 0 Å². The summed E-state index contributed by atoms with van der Waals surface area (Å²) in [5.41, 5.74) is 2.95.